The van der Waals surface area contributed by atoms with Crippen molar-refractivity contribution in [3.8, 4) is 22.8 Å². The van der Waals surface area contributed by atoms with Gasteiger partial charge in [-0.05, 0) is 18.2 Å². The van der Waals surface area contributed by atoms with Gasteiger partial charge in [0.25, 0.3) is 5.89 Å². The molecular weight excluding hydrogens is 266 g/mol. The SMILES string of the molecule is Nc1cncc(-c2nc(-c3cc(F)cc(F)c3)no2)c1. The maximum absolute atomic E-state index is 13.1. The number of halogens is 2. The number of benzene rings is 1. The molecular formula is C13H8F2N4O. The van der Waals surface area contributed by atoms with Crippen LogP contribution in [0.3, 0.4) is 0 Å². The molecule has 3 rings (SSSR count). The van der Waals surface area contributed by atoms with E-state index in [0.29, 0.717) is 11.3 Å². The first-order valence-electron chi connectivity index (χ1n) is 5.63. The molecule has 3 aromatic rings. The highest BCUT2D eigenvalue weighted by atomic mass is 19.1. The third-order valence-corrected chi connectivity index (χ3v) is 2.55. The quantitative estimate of drug-likeness (QED) is 0.777. The van der Waals surface area contributed by atoms with Gasteiger partial charge in [0.2, 0.25) is 5.82 Å². The average molecular weight is 274 g/mol. The van der Waals surface area contributed by atoms with Gasteiger partial charge in [-0.15, -0.1) is 0 Å². The van der Waals surface area contributed by atoms with Gasteiger partial charge in [-0.25, -0.2) is 8.78 Å². The van der Waals surface area contributed by atoms with Crippen molar-refractivity contribution in [2.45, 2.75) is 0 Å². The molecule has 100 valence electrons. The Kier molecular flexibility index (Phi) is 2.86. The second kappa shape index (κ2) is 4.69. The number of rotatable bonds is 2. The second-order valence-corrected chi connectivity index (χ2v) is 4.09. The van der Waals surface area contributed by atoms with Crippen LogP contribution >= 0.6 is 0 Å². The van der Waals surface area contributed by atoms with Crippen LogP contribution in [0.5, 0.6) is 0 Å². The fraction of sp³-hybridized carbons (Fsp3) is 0. The molecule has 0 aliphatic carbocycles. The normalized spacial score (nSPS) is 10.7. The number of nitrogens with two attached hydrogens (primary N) is 1. The lowest BCUT2D eigenvalue weighted by atomic mass is 10.2. The summed E-state index contributed by atoms with van der Waals surface area (Å²) in [7, 11) is 0. The van der Waals surface area contributed by atoms with Crippen LogP contribution in [0.15, 0.2) is 41.2 Å². The number of hydrogen-bond donors (Lipinski definition) is 1. The van der Waals surface area contributed by atoms with Crippen LogP contribution in [0.4, 0.5) is 14.5 Å². The van der Waals surface area contributed by atoms with E-state index >= 15 is 0 Å². The van der Waals surface area contributed by atoms with E-state index < -0.39 is 11.6 Å². The van der Waals surface area contributed by atoms with Gasteiger partial charge < -0.3 is 10.3 Å². The monoisotopic (exact) mass is 274 g/mol. The van der Waals surface area contributed by atoms with Crippen molar-refractivity contribution in [2.24, 2.45) is 0 Å². The van der Waals surface area contributed by atoms with Crippen LogP contribution in [0.2, 0.25) is 0 Å². The molecule has 2 aromatic heterocycles. The Balaban J connectivity index is 2.02. The van der Waals surface area contributed by atoms with Crippen LogP contribution < -0.4 is 5.73 Å². The molecule has 0 unspecified atom stereocenters. The molecule has 0 atom stereocenters. The maximum Gasteiger partial charge on any atom is 0.259 e. The fourth-order valence-corrected chi connectivity index (χ4v) is 1.72. The zero-order chi connectivity index (χ0) is 14.1. The molecule has 1 aromatic carbocycles. The first-order chi connectivity index (χ1) is 9.61. The molecule has 2 heterocycles. The van der Waals surface area contributed by atoms with E-state index in [1.54, 1.807) is 6.07 Å². The van der Waals surface area contributed by atoms with Gasteiger partial charge in [0, 0.05) is 24.0 Å². The van der Waals surface area contributed by atoms with Crippen LogP contribution in [-0.4, -0.2) is 15.1 Å². The zero-order valence-electron chi connectivity index (χ0n) is 10.0. The van der Waals surface area contributed by atoms with Crippen molar-refractivity contribution in [1.29, 1.82) is 0 Å². The van der Waals surface area contributed by atoms with Crippen molar-refractivity contribution in [1.82, 2.24) is 15.1 Å². The summed E-state index contributed by atoms with van der Waals surface area (Å²) >= 11 is 0. The number of anilines is 1. The molecule has 0 radical (unpaired) electrons. The molecule has 5 nitrogen and oxygen atoms in total. The van der Waals surface area contributed by atoms with Crippen molar-refractivity contribution in [3.05, 3.63) is 48.3 Å². The van der Waals surface area contributed by atoms with E-state index in [-0.39, 0.29) is 17.3 Å². The molecule has 0 fully saturated rings. The summed E-state index contributed by atoms with van der Waals surface area (Å²) in [5, 5.41) is 3.69. The van der Waals surface area contributed by atoms with Gasteiger partial charge in [0.1, 0.15) is 11.6 Å². The van der Waals surface area contributed by atoms with Crippen molar-refractivity contribution in [3.63, 3.8) is 0 Å². The molecule has 2 N–H and O–H groups in total. The molecule has 0 saturated carbocycles. The number of pyridine rings is 1. The summed E-state index contributed by atoms with van der Waals surface area (Å²) in [6, 6.07) is 4.62. The van der Waals surface area contributed by atoms with E-state index in [9.17, 15) is 8.78 Å². The minimum atomic E-state index is -0.711. The minimum Gasteiger partial charge on any atom is -0.397 e. The summed E-state index contributed by atoms with van der Waals surface area (Å²) in [6.45, 7) is 0. The standard InChI is InChI=1S/C13H8F2N4O/c14-9-1-7(2-10(15)4-9)12-18-13(20-19-12)8-3-11(16)6-17-5-8/h1-6H,16H2. The maximum atomic E-state index is 13.1. The minimum absolute atomic E-state index is 0.0841. The van der Waals surface area contributed by atoms with E-state index in [0.717, 1.165) is 18.2 Å². The van der Waals surface area contributed by atoms with Gasteiger partial charge >= 0.3 is 0 Å². The first kappa shape index (κ1) is 12.2. The predicted octanol–water partition coefficient (Wildman–Crippen LogP) is 2.66. The van der Waals surface area contributed by atoms with Crippen LogP contribution in [0.25, 0.3) is 22.8 Å². The van der Waals surface area contributed by atoms with Crippen molar-refractivity contribution >= 4 is 5.69 Å². The van der Waals surface area contributed by atoms with Crippen LogP contribution in [0.1, 0.15) is 0 Å². The Hall–Kier alpha value is -2.83. The molecule has 0 aliphatic rings. The Morgan fingerprint density at radius 2 is 1.70 bits per heavy atom. The average Bonchev–Trinajstić information content (AvgIpc) is 2.87. The number of nitrogens with zero attached hydrogens (tertiary/aromatic N) is 3. The lowest BCUT2D eigenvalue weighted by Gasteiger charge is -1.96. The third-order valence-electron chi connectivity index (χ3n) is 2.55. The molecule has 0 bridgehead atoms. The predicted molar refractivity (Wildman–Crippen MR) is 67.3 cm³/mol. The molecule has 0 aliphatic heterocycles. The number of aromatic nitrogens is 3. The summed E-state index contributed by atoms with van der Waals surface area (Å²) < 4.78 is 31.3. The second-order valence-electron chi connectivity index (χ2n) is 4.09. The van der Waals surface area contributed by atoms with Crippen molar-refractivity contribution in [2.75, 3.05) is 5.73 Å². The fourth-order valence-electron chi connectivity index (χ4n) is 1.72. The Labute approximate surface area is 112 Å². The zero-order valence-corrected chi connectivity index (χ0v) is 10.0. The molecule has 0 saturated heterocycles. The highest BCUT2D eigenvalue weighted by molar-refractivity contribution is 5.61. The molecule has 7 heteroatoms. The highest BCUT2D eigenvalue weighted by Crippen LogP contribution is 2.23. The Morgan fingerprint density at radius 1 is 0.950 bits per heavy atom. The summed E-state index contributed by atoms with van der Waals surface area (Å²) in [5.74, 6) is -1.17. The van der Waals surface area contributed by atoms with Gasteiger partial charge in [-0.3, -0.25) is 4.98 Å². The lowest BCUT2D eigenvalue weighted by molar-refractivity contribution is 0.432. The van der Waals surface area contributed by atoms with Crippen molar-refractivity contribution < 1.29 is 13.3 Å². The Morgan fingerprint density at radius 3 is 2.40 bits per heavy atom. The van der Waals surface area contributed by atoms with Gasteiger partial charge in [0.15, 0.2) is 0 Å². The van der Waals surface area contributed by atoms with E-state index in [1.165, 1.54) is 12.4 Å². The third kappa shape index (κ3) is 2.33. The smallest absolute Gasteiger partial charge is 0.259 e. The molecule has 20 heavy (non-hydrogen) atoms. The van der Waals surface area contributed by atoms with Gasteiger partial charge in [-0.2, -0.15) is 4.98 Å². The molecule has 0 amide bonds. The Bertz CT molecular complexity index is 752. The highest BCUT2D eigenvalue weighted by Gasteiger charge is 2.12. The van der Waals surface area contributed by atoms with Gasteiger partial charge in [-0.1, -0.05) is 5.16 Å². The van der Waals surface area contributed by atoms with E-state index in [2.05, 4.69) is 15.1 Å². The molecule has 0 spiro atoms. The first-order valence-corrected chi connectivity index (χ1v) is 5.63. The summed E-state index contributed by atoms with van der Waals surface area (Å²) in [5.41, 5.74) is 6.76. The van der Waals surface area contributed by atoms with E-state index in [4.69, 9.17) is 10.3 Å². The topological polar surface area (TPSA) is 77.8 Å². The summed E-state index contributed by atoms with van der Waals surface area (Å²) in [6.07, 6.45) is 2.97. The van der Waals surface area contributed by atoms with Crippen LogP contribution in [0, 0.1) is 11.6 Å². The number of nitrogen functional groups attached to an aromatic ring is 1. The largest absolute Gasteiger partial charge is 0.397 e. The van der Waals surface area contributed by atoms with Gasteiger partial charge in [0.05, 0.1) is 11.3 Å². The van der Waals surface area contributed by atoms with E-state index in [1.807, 2.05) is 0 Å². The summed E-state index contributed by atoms with van der Waals surface area (Å²) in [4.78, 5) is 7.97. The lowest BCUT2D eigenvalue weighted by Crippen LogP contribution is -1.88. The number of hydrogen-bond acceptors (Lipinski definition) is 5. The van der Waals surface area contributed by atoms with Crippen LogP contribution in [-0.2, 0) is 0 Å².